The summed E-state index contributed by atoms with van der Waals surface area (Å²) < 4.78 is 18.2. The molecule has 0 saturated carbocycles. The molecule has 0 bridgehead atoms. The van der Waals surface area contributed by atoms with Gasteiger partial charge in [0.25, 0.3) is 5.91 Å². The largest absolute Gasteiger partial charge is 0.495 e. The molecule has 0 saturated heterocycles. The number of nitrogens with zero attached hydrogens (tertiary/aromatic N) is 1. The number of amides is 1. The van der Waals surface area contributed by atoms with Crippen molar-refractivity contribution < 1.29 is 13.9 Å². The molecule has 0 aliphatic heterocycles. The van der Waals surface area contributed by atoms with Crippen LogP contribution in [-0.4, -0.2) is 13.0 Å². The Kier molecular flexibility index (Phi) is 5.77. The number of anilines is 2. The van der Waals surface area contributed by atoms with Gasteiger partial charge in [0.1, 0.15) is 23.2 Å². The predicted molar refractivity (Wildman–Crippen MR) is 90.4 cm³/mol. The van der Waals surface area contributed by atoms with Crippen LogP contribution in [0.5, 0.6) is 5.75 Å². The molecule has 1 amide bonds. The van der Waals surface area contributed by atoms with Gasteiger partial charge in [0.05, 0.1) is 12.8 Å². The minimum Gasteiger partial charge on any atom is -0.495 e. The van der Waals surface area contributed by atoms with E-state index in [9.17, 15) is 9.18 Å². The van der Waals surface area contributed by atoms with Crippen molar-refractivity contribution in [2.75, 3.05) is 17.7 Å². The van der Waals surface area contributed by atoms with E-state index in [2.05, 4.69) is 10.6 Å². The second-order valence-corrected chi connectivity index (χ2v) is 5.06. The minimum atomic E-state index is -0.651. The molecule has 2 aromatic carbocycles. The normalized spacial score (nSPS) is 10.7. The SMILES string of the molecule is COc1ccc(Cl)cc1NC(=O)/C(C#N)=C\Nc1cccc(F)c1. The van der Waals surface area contributed by atoms with Gasteiger partial charge in [0.15, 0.2) is 0 Å². The fraction of sp³-hybridized carbons (Fsp3) is 0.0588. The molecule has 5 nitrogen and oxygen atoms in total. The molecule has 0 aromatic heterocycles. The molecule has 2 rings (SSSR count). The van der Waals surface area contributed by atoms with Gasteiger partial charge in [0.2, 0.25) is 0 Å². The number of nitriles is 1. The molecule has 0 heterocycles. The highest BCUT2D eigenvalue weighted by Gasteiger charge is 2.12. The zero-order valence-electron chi connectivity index (χ0n) is 12.6. The van der Waals surface area contributed by atoms with Crippen LogP contribution in [0.1, 0.15) is 0 Å². The van der Waals surface area contributed by atoms with Gasteiger partial charge in [-0.15, -0.1) is 0 Å². The minimum absolute atomic E-state index is 0.193. The molecule has 122 valence electrons. The third-order valence-electron chi connectivity index (χ3n) is 2.98. The lowest BCUT2D eigenvalue weighted by Gasteiger charge is -2.10. The summed E-state index contributed by atoms with van der Waals surface area (Å²) in [6, 6.07) is 12.1. The molecule has 0 aliphatic carbocycles. The summed E-state index contributed by atoms with van der Waals surface area (Å²) >= 11 is 5.89. The van der Waals surface area contributed by atoms with E-state index in [1.807, 2.05) is 0 Å². The smallest absolute Gasteiger partial charge is 0.267 e. The highest BCUT2D eigenvalue weighted by Crippen LogP contribution is 2.28. The van der Waals surface area contributed by atoms with Gasteiger partial charge in [0, 0.05) is 16.9 Å². The van der Waals surface area contributed by atoms with Crippen molar-refractivity contribution in [3.8, 4) is 11.8 Å². The molecule has 0 fully saturated rings. The highest BCUT2D eigenvalue weighted by atomic mass is 35.5. The first-order valence-corrected chi connectivity index (χ1v) is 7.18. The number of benzene rings is 2. The van der Waals surface area contributed by atoms with Crippen LogP contribution < -0.4 is 15.4 Å². The standard InChI is InChI=1S/C17H13ClFN3O2/c1-24-16-6-5-12(18)7-15(16)22-17(23)11(9-20)10-21-14-4-2-3-13(19)8-14/h2-8,10,21H,1H3,(H,22,23)/b11-10-. The van der Waals surface area contributed by atoms with Crippen molar-refractivity contribution in [2.45, 2.75) is 0 Å². The maximum Gasteiger partial charge on any atom is 0.267 e. The van der Waals surface area contributed by atoms with Gasteiger partial charge in [-0.2, -0.15) is 5.26 Å². The summed E-state index contributed by atoms with van der Waals surface area (Å²) in [5, 5.41) is 14.8. The quantitative estimate of drug-likeness (QED) is 0.635. The number of carbonyl (C=O) groups is 1. The molecule has 2 aromatic rings. The molecule has 0 unspecified atom stereocenters. The average molecular weight is 346 g/mol. The number of ether oxygens (including phenoxy) is 1. The van der Waals surface area contributed by atoms with Crippen LogP contribution in [0.15, 0.2) is 54.2 Å². The van der Waals surface area contributed by atoms with Crippen molar-refractivity contribution >= 4 is 28.9 Å². The predicted octanol–water partition coefficient (Wildman–Crippen LogP) is 3.95. The zero-order valence-corrected chi connectivity index (χ0v) is 13.4. The first kappa shape index (κ1) is 17.3. The Morgan fingerprint density at radius 2 is 2.12 bits per heavy atom. The zero-order chi connectivity index (χ0) is 17.5. The number of carbonyl (C=O) groups excluding carboxylic acids is 1. The van der Waals surface area contributed by atoms with E-state index < -0.39 is 11.7 Å². The van der Waals surface area contributed by atoms with Gasteiger partial charge in [-0.3, -0.25) is 4.79 Å². The van der Waals surface area contributed by atoms with Crippen LogP contribution in [0.25, 0.3) is 0 Å². The number of hydrogen-bond acceptors (Lipinski definition) is 4. The van der Waals surface area contributed by atoms with Crippen molar-refractivity contribution in [1.29, 1.82) is 5.26 Å². The molecule has 0 radical (unpaired) electrons. The summed E-state index contributed by atoms with van der Waals surface area (Å²) in [7, 11) is 1.45. The maximum atomic E-state index is 13.1. The Morgan fingerprint density at radius 1 is 1.33 bits per heavy atom. The van der Waals surface area contributed by atoms with Crippen LogP contribution in [-0.2, 0) is 4.79 Å². The second-order valence-electron chi connectivity index (χ2n) is 4.62. The van der Waals surface area contributed by atoms with Gasteiger partial charge >= 0.3 is 0 Å². The molecule has 0 atom stereocenters. The third-order valence-corrected chi connectivity index (χ3v) is 3.22. The number of nitrogens with one attached hydrogen (secondary N) is 2. The van der Waals surface area contributed by atoms with Crippen molar-refractivity contribution in [2.24, 2.45) is 0 Å². The Hall–Kier alpha value is -3.04. The molecule has 7 heteroatoms. The van der Waals surface area contributed by atoms with Crippen molar-refractivity contribution in [1.82, 2.24) is 0 Å². The Balaban J connectivity index is 2.16. The summed E-state index contributed by atoms with van der Waals surface area (Å²) in [5.74, 6) is -0.676. The van der Waals surface area contributed by atoms with Gasteiger partial charge < -0.3 is 15.4 Å². The van der Waals surface area contributed by atoms with E-state index in [1.54, 1.807) is 24.3 Å². The molecule has 0 aliphatic rings. The molecular formula is C17H13ClFN3O2. The fourth-order valence-corrected chi connectivity index (χ4v) is 2.02. The second kappa shape index (κ2) is 7.99. The first-order chi connectivity index (χ1) is 11.5. The maximum absolute atomic E-state index is 13.1. The van der Waals surface area contributed by atoms with Crippen LogP contribution >= 0.6 is 11.6 Å². The van der Waals surface area contributed by atoms with Gasteiger partial charge in [-0.25, -0.2) is 4.39 Å². The number of hydrogen-bond donors (Lipinski definition) is 2. The summed E-state index contributed by atoms with van der Waals surface area (Å²) in [4.78, 5) is 12.2. The third kappa shape index (κ3) is 4.48. The number of rotatable bonds is 5. The first-order valence-electron chi connectivity index (χ1n) is 6.80. The van der Waals surface area contributed by atoms with Crippen LogP contribution in [0, 0.1) is 17.1 Å². The molecule has 2 N–H and O–H groups in total. The Morgan fingerprint density at radius 3 is 2.79 bits per heavy atom. The van der Waals surface area contributed by atoms with E-state index in [0.29, 0.717) is 22.1 Å². The fourth-order valence-electron chi connectivity index (χ4n) is 1.85. The van der Waals surface area contributed by atoms with E-state index in [1.165, 1.54) is 37.6 Å². The lowest BCUT2D eigenvalue weighted by molar-refractivity contribution is -0.112. The summed E-state index contributed by atoms with van der Waals surface area (Å²) in [6.45, 7) is 0. The number of halogens is 2. The monoisotopic (exact) mass is 345 g/mol. The Bertz CT molecular complexity index is 831. The molecular weight excluding hydrogens is 333 g/mol. The lowest BCUT2D eigenvalue weighted by atomic mass is 10.2. The van der Waals surface area contributed by atoms with Gasteiger partial charge in [-0.1, -0.05) is 17.7 Å². The topological polar surface area (TPSA) is 74.1 Å². The van der Waals surface area contributed by atoms with Gasteiger partial charge in [-0.05, 0) is 36.4 Å². The van der Waals surface area contributed by atoms with E-state index in [4.69, 9.17) is 21.6 Å². The van der Waals surface area contributed by atoms with Crippen molar-refractivity contribution in [3.63, 3.8) is 0 Å². The van der Waals surface area contributed by atoms with E-state index in [-0.39, 0.29) is 5.57 Å². The van der Waals surface area contributed by atoms with E-state index in [0.717, 1.165) is 0 Å². The van der Waals surface area contributed by atoms with E-state index >= 15 is 0 Å². The highest BCUT2D eigenvalue weighted by molar-refractivity contribution is 6.31. The van der Waals surface area contributed by atoms with Crippen LogP contribution in [0.3, 0.4) is 0 Å². The van der Waals surface area contributed by atoms with Crippen molar-refractivity contribution in [3.05, 3.63) is 65.1 Å². The van der Waals surface area contributed by atoms with Crippen LogP contribution in [0.4, 0.5) is 15.8 Å². The molecule has 24 heavy (non-hydrogen) atoms. The van der Waals surface area contributed by atoms with Crippen LogP contribution in [0.2, 0.25) is 5.02 Å². The lowest BCUT2D eigenvalue weighted by Crippen LogP contribution is -2.15. The number of methoxy groups -OCH3 is 1. The average Bonchev–Trinajstić information content (AvgIpc) is 2.55. The molecule has 0 spiro atoms. The summed E-state index contributed by atoms with van der Waals surface area (Å²) in [5.41, 5.74) is 0.555. The Labute approximate surface area is 143 Å². The summed E-state index contributed by atoms with van der Waals surface area (Å²) in [6.07, 6.45) is 1.20.